The molecule has 21 heavy (non-hydrogen) atoms. The molecule has 1 aromatic heterocycles. The molecular weight excluding hydrogens is 258 g/mol. The summed E-state index contributed by atoms with van der Waals surface area (Å²) in [4.78, 5) is 0. The lowest BCUT2D eigenvalue weighted by molar-refractivity contribution is 0.199. The monoisotopic (exact) mass is 285 g/mol. The van der Waals surface area contributed by atoms with Gasteiger partial charge in [0.1, 0.15) is 11.3 Å². The summed E-state index contributed by atoms with van der Waals surface area (Å²) in [6.07, 6.45) is 6.45. The average molecular weight is 285 g/mol. The normalized spacial score (nSPS) is 19.2. The summed E-state index contributed by atoms with van der Waals surface area (Å²) in [5.41, 5.74) is 2.64. The minimum Gasteiger partial charge on any atom is -0.459 e. The molecule has 0 radical (unpaired) electrons. The highest BCUT2D eigenvalue weighted by Crippen LogP contribution is 2.48. The van der Waals surface area contributed by atoms with Gasteiger partial charge in [0.2, 0.25) is 0 Å². The first-order valence-corrected chi connectivity index (χ1v) is 8.36. The first-order valence-electron chi connectivity index (χ1n) is 8.36. The predicted molar refractivity (Wildman–Crippen MR) is 88.6 cm³/mol. The Bertz CT molecular complexity index is 607. The zero-order valence-electron chi connectivity index (χ0n) is 13.5. The molecule has 1 saturated carbocycles. The van der Waals surface area contributed by atoms with Gasteiger partial charge >= 0.3 is 0 Å². The van der Waals surface area contributed by atoms with Crippen molar-refractivity contribution in [2.45, 2.75) is 58.9 Å². The number of benzene rings is 1. The first kappa shape index (κ1) is 14.6. The first-order chi connectivity index (χ1) is 10.1. The van der Waals surface area contributed by atoms with Crippen molar-refractivity contribution in [1.82, 2.24) is 5.32 Å². The number of hydrogen-bond acceptors (Lipinski definition) is 2. The molecule has 0 amide bonds. The maximum absolute atomic E-state index is 6.20. The van der Waals surface area contributed by atoms with E-state index in [1.807, 2.05) is 0 Å². The van der Waals surface area contributed by atoms with Gasteiger partial charge in [0, 0.05) is 5.39 Å². The molecule has 0 saturated heterocycles. The van der Waals surface area contributed by atoms with Crippen LogP contribution in [-0.2, 0) is 0 Å². The molecule has 1 atom stereocenters. The van der Waals surface area contributed by atoms with Gasteiger partial charge in [0.05, 0.1) is 6.04 Å². The molecule has 2 aromatic rings. The smallest absolute Gasteiger partial charge is 0.134 e. The van der Waals surface area contributed by atoms with Crippen LogP contribution in [0.2, 0.25) is 0 Å². The molecule has 1 aromatic carbocycles. The van der Waals surface area contributed by atoms with Crippen molar-refractivity contribution >= 4 is 11.0 Å². The van der Waals surface area contributed by atoms with Gasteiger partial charge in [-0.15, -0.1) is 0 Å². The Kier molecular flexibility index (Phi) is 4.08. The molecule has 2 nitrogen and oxygen atoms in total. The summed E-state index contributed by atoms with van der Waals surface area (Å²) >= 11 is 0. The Morgan fingerprint density at radius 3 is 2.71 bits per heavy atom. The summed E-state index contributed by atoms with van der Waals surface area (Å²) in [7, 11) is 0. The number of fused-ring (bicyclic) bond motifs is 1. The third kappa shape index (κ3) is 2.87. The predicted octanol–water partition coefficient (Wildman–Crippen LogP) is 5.36. The Labute approximate surface area is 127 Å². The van der Waals surface area contributed by atoms with Crippen LogP contribution in [0.15, 0.2) is 28.7 Å². The minimum atomic E-state index is 0.331. The van der Waals surface area contributed by atoms with E-state index in [0.29, 0.717) is 11.5 Å². The third-order valence-electron chi connectivity index (χ3n) is 5.02. The van der Waals surface area contributed by atoms with E-state index >= 15 is 0 Å². The highest BCUT2D eigenvalue weighted by molar-refractivity contribution is 5.78. The van der Waals surface area contributed by atoms with Crippen LogP contribution in [0.25, 0.3) is 11.0 Å². The Hall–Kier alpha value is -1.28. The van der Waals surface area contributed by atoms with Crippen molar-refractivity contribution in [3.8, 4) is 0 Å². The van der Waals surface area contributed by atoms with Gasteiger partial charge in [0.15, 0.2) is 0 Å². The average Bonchev–Trinajstić information content (AvgIpc) is 3.06. The largest absolute Gasteiger partial charge is 0.459 e. The lowest BCUT2D eigenvalue weighted by Gasteiger charge is -2.33. The van der Waals surface area contributed by atoms with Gasteiger partial charge in [0.25, 0.3) is 0 Å². The molecule has 2 heteroatoms. The van der Waals surface area contributed by atoms with E-state index in [0.717, 1.165) is 24.3 Å². The fourth-order valence-corrected chi connectivity index (χ4v) is 3.78. The van der Waals surface area contributed by atoms with E-state index in [9.17, 15) is 0 Å². The summed E-state index contributed by atoms with van der Waals surface area (Å²) < 4.78 is 6.20. The summed E-state index contributed by atoms with van der Waals surface area (Å²) in [6.45, 7) is 7.84. The third-order valence-corrected chi connectivity index (χ3v) is 5.02. The second-order valence-corrected chi connectivity index (χ2v) is 6.94. The van der Waals surface area contributed by atoms with Gasteiger partial charge < -0.3 is 9.73 Å². The number of aryl methyl sites for hydroxylation is 1. The summed E-state index contributed by atoms with van der Waals surface area (Å²) in [5, 5.41) is 4.98. The van der Waals surface area contributed by atoms with Crippen LogP contribution in [0.3, 0.4) is 0 Å². The van der Waals surface area contributed by atoms with E-state index < -0.39 is 0 Å². The number of hydrogen-bond donors (Lipinski definition) is 1. The lowest BCUT2D eigenvalue weighted by Crippen LogP contribution is -2.34. The SMILES string of the molecule is CCCNC(c1cc2cc(C)ccc2o1)C1(C)CCCC1. The van der Waals surface area contributed by atoms with Crippen molar-refractivity contribution in [3.63, 3.8) is 0 Å². The van der Waals surface area contributed by atoms with Crippen LogP contribution in [-0.4, -0.2) is 6.54 Å². The quantitative estimate of drug-likeness (QED) is 0.799. The van der Waals surface area contributed by atoms with Crippen LogP contribution in [0.1, 0.15) is 63.3 Å². The number of rotatable bonds is 5. The van der Waals surface area contributed by atoms with E-state index in [-0.39, 0.29) is 0 Å². The molecule has 1 aliphatic carbocycles. The maximum Gasteiger partial charge on any atom is 0.134 e. The van der Waals surface area contributed by atoms with E-state index in [4.69, 9.17) is 4.42 Å². The Morgan fingerprint density at radius 1 is 1.24 bits per heavy atom. The summed E-state index contributed by atoms with van der Waals surface area (Å²) in [6, 6.07) is 9.03. The highest BCUT2D eigenvalue weighted by Gasteiger charge is 2.39. The highest BCUT2D eigenvalue weighted by atomic mass is 16.3. The molecule has 1 N–H and O–H groups in total. The lowest BCUT2D eigenvalue weighted by atomic mass is 9.79. The second kappa shape index (κ2) is 5.84. The standard InChI is InChI=1S/C19H27NO/c1-4-11-20-18(19(3)9-5-6-10-19)17-13-15-12-14(2)7-8-16(15)21-17/h7-8,12-13,18,20H,4-6,9-11H2,1-3H3. The van der Waals surface area contributed by atoms with Gasteiger partial charge in [-0.1, -0.05) is 38.3 Å². The van der Waals surface area contributed by atoms with Crippen LogP contribution < -0.4 is 5.32 Å². The fourth-order valence-electron chi connectivity index (χ4n) is 3.78. The van der Waals surface area contributed by atoms with Crippen molar-refractivity contribution < 1.29 is 4.42 Å². The van der Waals surface area contributed by atoms with Crippen molar-refractivity contribution in [2.75, 3.05) is 6.54 Å². The molecule has 1 aliphatic rings. The van der Waals surface area contributed by atoms with Crippen LogP contribution >= 0.6 is 0 Å². The molecule has 0 aliphatic heterocycles. The Balaban J connectivity index is 1.96. The van der Waals surface area contributed by atoms with Gasteiger partial charge in [-0.05, 0) is 56.3 Å². The van der Waals surface area contributed by atoms with Gasteiger partial charge in [-0.3, -0.25) is 0 Å². The maximum atomic E-state index is 6.20. The minimum absolute atomic E-state index is 0.331. The van der Waals surface area contributed by atoms with Crippen LogP contribution in [0.5, 0.6) is 0 Å². The molecule has 114 valence electrons. The van der Waals surface area contributed by atoms with Crippen molar-refractivity contribution in [3.05, 3.63) is 35.6 Å². The zero-order chi connectivity index (χ0) is 14.9. The zero-order valence-corrected chi connectivity index (χ0v) is 13.5. The summed E-state index contributed by atoms with van der Waals surface area (Å²) in [5.74, 6) is 1.12. The molecule has 3 rings (SSSR count). The van der Waals surface area contributed by atoms with Crippen molar-refractivity contribution in [2.24, 2.45) is 5.41 Å². The van der Waals surface area contributed by atoms with Crippen LogP contribution in [0.4, 0.5) is 0 Å². The molecule has 1 fully saturated rings. The number of furan rings is 1. The van der Waals surface area contributed by atoms with E-state index in [2.05, 4.69) is 50.4 Å². The molecule has 0 bridgehead atoms. The number of nitrogens with one attached hydrogen (secondary N) is 1. The molecule has 1 heterocycles. The van der Waals surface area contributed by atoms with Crippen LogP contribution in [0, 0.1) is 12.3 Å². The van der Waals surface area contributed by atoms with Gasteiger partial charge in [-0.25, -0.2) is 0 Å². The molecule has 1 unspecified atom stereocenters. The molecule has 0 spiro atoms. The fraction of sp³-hybridized carbons (Fsp3) is 0.579. The van der Waals surface area contributed by atoms with Crippen molar-refractivity contribution in [1.29, 1.82) is 0 Å². The van der Waals surface area contributed by atoms with E-state index in [1.165, 1.54) is 36.6 Å². The molecular formula is C19H27NO. The topological polar surface area (TPSA) is 25.2 Å². The second-order valence-electron chi connectivity index (χ2n) is 6.94. The van der Waals surface area contributed by atoms with E-state index in [1.54, 1.807) is 0 Å². The Morgan fingerprint density at radius 2 is 2.00 bits per heavy atom. The van der Waals surface area contributed by atoms with Gasteiger partial charge in [-0.2, -0.15) is 0 Å².